The van der Waals surface area contributed by atoms with Crippen molar-refractivity contribution >= 4 is 5.91 Å². The Bertz CT molecular complexity index is 723. The van der Waals surface area contributed by atoms with Crippen molar-refractivity contribution in [3.63, 3.8) is 0 Å². The number of nitrogens with two attached hydrogens (primary N) is 1. The van der Waals surface area contributed by atoms with Gasteiger partial charge in [0.1, 0.15) is 0 Å². The number of ether oxygens (including phenoxy) is 1. The monoisotopic (exact) mass is 358 g/mol. The molecule has 2 aromatic rings. The lowest BCUT2D eigenvalue weighted by molar-refractivity contribution is 0.0729. The quantitative estimate of drug-likeness (QED) is 0.787. The molecule has 0 bridgehead atoms. The van der Waals surface area contributed by atoms with E-state index in [0.29, 0.717) is 37.1 Å². The predicted octanol–water partition coefficient (Wildman–Crippen LogP) is 2.96. The standard InChI is InChI=1S/C20H30N4O2/c1-15(2)12-26-17-11-24(16-9-7-6-8-10-16)22-18(17)19(25)23(5)14-20(3,4)13-21/h6-11,15H,12-14,21H2,1-5H3. The van der Waals surface area contributed by atoms with E-state index in [2.05, 4.69) is 18.9 Å². The number of para-hydroxylation sites is 1. The van der Waals surface area contributed by atoms with Crippen molar-refractivity contribution in [3.05, 3.63) is 42.2 Å². The summed E-state index contributed by atoms with van der Waals surface area (Å²) in [6.07, 6.45) is 1.77. The maximum Gasteiger partial charge on any atom is 0.278 e. The van der Waals surface area contributed by atoms with Crippen LogP contribution < -0.4 is 10.5 Å². The van der Waals surface area contributed by atoms with Gasteiger partial charge in [0.15, 0.2) is 11.4 Å². The van der Waals surface area contributed by atoms with Crippen LogP contribution in [-0.4, -0.2) is 47.3 Å². The zero-order valence-electron chi connectivity index (χ0n) is 16.4. The third-order valence-corrected chi connectivity index (χ3v) is 4.04. The number of aromatic nitrogens is 2. The van der Waals surface area contributed by atoms with E-state index in [1.54, 1.807) is 22.8 Å². The molecule has 0 spiro atoms. The van der Waals surface area contributed by atoms with Crippen molar-refractivity contribution in [1.82, 2.24) is 14.7 Å². The molecule has 1 aromatic heterocycles. The summed E-state index contributed by atoms with van der Waals surface area (Å²) in [5.41, 5.74) is 6.85. The summed E-state index contributed by atoms with van der Waals surface area (Å²) in [4.78, 5) is 14.6. The highest BCUT2D eigenvalue weighted by Gasteiger charge is 2.26. The molecule has 0 aliphatic heterocycles. The number of rotatable bonds is 8. The first kappa shape index (κ1) is 20.0. The van der Waals surface area contributed by atoms with Gasteiger partial charge in [0, 0.05) is 13.6 Å². The normalized spacial score (nSPS) is 11.7. The number of nitrogens with zero attached hydrogens (tertiary/aromatic N) is 3. The highest BCUT2D eigenvalue weighted by atomic mass is 16.5. The lowest BCUT2D eigenvalue weighted by atomic mass is 9.93. The van der Waals surface area contributed by atoms with Crippen LogP contribution in [0.25, 0.3) is 5.69 Å². The lowest BCUT2D eigenvalue weighted by Crippen LogP contribution is -2.40. The van der Waals surface area contributed by atoms with Crippen molar-refractivity contribution in [2.75, 3.05) is 26.7 Å². The Labute approximate surface area is 155 Å². The van der Waals surface area contributed by atoms with Crippen LogP contribution in [0.5, 0.6) is 5.75 Å². The van der Waals surface area contributed by atoms with Crippen molar-refractivity contribution < 1.29 is 9.53 Å². The summed E-state index contributed by atoms with van der Waals surface area (Å²) >= 11 is 0. The van der Waals surface area contributed by atoms with E-state index in [4.69, 9.17) is 10.5 Å². The van der Waals surface area contributed by atoms with Crippen LogP contribution in [0.3, 0.4) is 0 Å². The highest BCUT2D eigenvalue weighted by Crippen LogP contribution is 2.23. The van der Waals surface area contributed by atoms with Crippen LogP contribution >= 0.6 is 0 Å². The summed E-state index contributed by atoms with van der Waals surface area (Å²) in [5.74, 6) is 0.692. The molecule has 0 saturated carbocycles. The largest absolute Gasteiger partial charge is 0.489 e. The van der Waals surface area contributed by atoms with Crippen LogP contribution in [0.15, 0.2) is 36.5 Å². The topological polar surface area (TPSA) is 73.4 Å². The number of carbonyl (C=O) groups is 1. The molecule has 2 rings (SSSR count). The maximum absolute atomic E-state index is 13.0. The summed E-state index contributed by atoms with van der Waals surface area (Å²) in [6.45, 7) is 9.78. The first-order chi connectivity index (χ1) is 12.2. The van der Waals surface area contributed by atoms with Crippen LogP contribution in [0.1, 0.15) is 38.2 Å². The first-order valence-electron chi connectivity index (χ1n) is 8.97. The van der Waals surface area contributed by atoms with E-state index in [1.807, 2.05) is 44.2 Å². The summed E-state index contributed by atoms with van der Waals surface area (Å²) in [5, 5.41) is 4.50. The smallest absolute Gasteiger partial charge is 0.278 e. The molecule has 0 fully saturated rings. The van der Waals surface area contributed by atoms with Gasteiger partial charge in [0.25, 0.3) is 5.91 Å². The van der Waals surface area contributed by atoms with Crippen LogP contribution in [0.2, 0.25) is 0 Å². The van der Waals surface area contributed by atoms with Crippen LogP contribution in [0.4, 0.5) is 0 Å². The highest BCUT2D eigenvalue weighted by molar-refractivity contribution is 5.94. The Hall–Kier alpha value is -2.34. The first-order valence-corrected chi connectivity index (χ1v) is 8.97. The Morgan fingerprint density at radius 2 is 1.96 bits per heavy atom. The molecule has 0 aliphatic carbocycles. The average molecular weight is 358 g/mol. The average Bonchev–Trinajstić information content (AvgIpc) is 3.04. The van der Waals surface area contributed by atoms with Gasteiger partial charge >= 0.3 is 0 Å². The SMILES string of the molecule is CC(C)COc1cn(-c2ccccc2)nc1C(=O)N(C)CC(C)(C)CN. The van der Waals surface area contributed by atoms with E-state index in [0.717, 1.165) is 5.69 Å². The molecule has 0 atom stereocenters. The Kier molecular flexibility index (Phi) is 6.42. The van der Waals surface area contributed by atoms with Gasteiger partial charge in [-0.25, -0.2) is 4.68 Å². The van der Waals surface area contributed by atoms with Gasteiger partial charge in [0.2, 0.25) is 0 Å². The summed E-state index contributed by atoms with van der Waals surface area (Å²) in [7, 11) is 1.77. The fraction of sp³-hybridized carbons (Fsp3) is 0.500. The molecule has 0 aliphatic rings. The Balaban J connectivity index is 2.32. The van der Waals surface area contributed by atoms with Crippen molar-refractivity contribution in [2.24, 2.45) is 17.1 Å². The van der Waals surface area contributed by atoms with E-state index >= 15 is 0 Å². The van der Waals surface area contributed by atoms with Gasteiger partial charge in [-0.3, -0.25) is 4.79 Å². The number of hydrogen-bond acceptors (Lipinski definition) is 4. The number of hydrogen-bond donors (Lipinski definition) is 1. The van der Waals surface area contributed by atoms with Gasteiger partial charge in [0.05, 0.1) is 18.5 Å². The van der Waals surface area contributed by atoms with Crippen molar-refractivity contribution in [3.8, 4) is 11.4 Å². The molecule has 2 N–H and O–H groups in total. The number of carbonyl (C=O) groups excluding carboxylic acids is 1. The minimum absolute atomic E-state index is 0.161. The minimum atomic E-state index is -0.167. The second kappa shape index (κ2) is 8.36. The fourth-order valence-corrected chi connectivity index (χ4v) is 2.54. The zero-order valence-corrected chi connectivity index (χ0v) is 16.4. The molecule has 1 aromatic carbocycles. The molecule has 0 radical (unpaired) electrons. The Morgan fingerprint density at radius 3 is 2.54 bits per heavy atom. The van der Waals surface area contributed by atoms with E-state index in [9.17, 15) is 4.79 Å². The lowest BCUT2D eigenvalue weighted by Gasteiger charge is -2.28. The third kappa shape index (κ3) is 5.08. The van der Waals surface area contributed by atoms with E-state index < -0.39 is 0 Å². The second-order valence-corrected chi connectivity index (χ2v) is 7.86. The molecule has 142 valence electrons. The van der Waals surface area contributed by atoms with Gasteiger partial charge in [-0.2, -0.15) is 5.10 Å². The summed E-state index contributed by atoms with van der Waals surface area (Å²) < 4.78 is 7.56. The predicted molar refractivity (Wildman–Crippen MR) is 104 cm³/mol. The molecule has 1 amide bonds. The number of benzene rings is 1. The number of amides is 1. The molecular formula is C20H30N4O2. The molecule has 6 heteroatoms. The zero-order chi connectivity index (χ0) is 19.3. The molecular weight excluding hydrogens is 328 g/mol. The second-order valence-electron chi connectivity index (χ2n) is 7.86. The minimum Gasteiger partial charge on any atom is -0.489 e. The van der Waals surface area contributed by atoms with Crippen LogP contribution in [0, 0.1) is 11.3 Å². The van der Waals surface area contributed by atoms with Crippen molar-refractivity contribution in [1.29, 1.82) is 0 Å². The molecule has 26 heavy (non-hydrogen) atoms. The summed E-state index contributed by atoms with van der Waals surface area (Å²) in [6, 6.07) is 9.69. The molecule has 0 unspecified atom stereocenters. The van der Waals surface area contributed by atoms with Gasteiger partial charge in [-0.1, -0.05) is 45.9 Å². The third-order valence-electron chi connectivity index (χ3n) is 4.04. The maximum atomic E-state index is 13.0. The molecule has 0 saturated heterocycles. The fourth-order valence-electron chi connectivity index (χ4n) is 2.54. The van der Waals surface area contributed by atoms with Gasteiger partial charge < -0.3 is 15.4 Å². The van der Waals surface area contributed by atoms with E-state index in [-0.39, 0.29) is 11.3 Å². The van der Waals surface area contributed by atoms with E-state index in [1.165, 1.54) is 0 Å². The molecule has 6 nitrogen and oxygen atoms in total. The Morgan fingerprint density at radius 1 is 1.31 bits per heavy atom. The van der Waals surface area contributed by atoms with Crippen molar-refractivity contribution in [2.45, 2.75) is 27.7 Å². The van der Waals surface area contributed by atoms with Crippen LogP contribution in [-0.2, 0) is 0 Å². The molecule has 1 heterocycles. The van der Waals surface area contributed by atoms with Gasteiger partial charge in [-0.15, -0.1) is 0 Å². The van der Waals surface area contributed by atoms with Gasteiger partial charge in [-0.05, 0) is 30.0 Å².